The van der Waals surface area contributed by atoms with Crippen LogP contribution in [-0.2, 0) is 10.0 Å². The molecule has 0 N–H and O–H groups in total. The Morgan fingerprint density at radius 2 is 2.27 bits per heavy atom. The Balaban J connectivity index is 2.17. The molecule has 0 aromatic heterocycles. The SMILES string of the molecule is O=S1(=O)CSC(Oc2cccc(F)c2)=N1. The van der Waals surface area contributed by atoms with Crippen LogP contribution in [0.3, 0.4) is 0 Å². The van der Waals surface area contributed by atoms with Crippen molar-refractivity contribution >= 4 is 27.0 Å². The van der Waals surface area contributed by atoms with Crippen LogP contribution in [0, 0.1) is 5.82 Å². The van der Waals surface area contributed by atoms with Crippen molar-refractivity contribution in [3.63, 3.8) is 0 Å². The molecule has 80 valence electrons. The molecule has 0 saturated carbocycles. The minimum Gasteiger partial charge on any atom is -0.433 e. The smallest absolute Gasteiger partial charge is 0.268 e. The first-order valence-corrected chi connectivity index (χ1v) is 6.53. The van der Waals surface area contributed by atoms with Crippen molar-refractivity contribution in [1.82, 2.24) is 0 Å². The summed E-state index contributed by atoms with van der Waals surface area (Å²) in [6.07, 6.45) is 0. The molecule has 0 bridgehead atoms. The molecule has 0 spiro atoms. The number of hydrogen-bond acceptors (Lipinski definition) is 4. The van der Waals surface area contributed by atoms with Gasteiger partial charge < -0.3 is 4.74 Å². The molecule has 0 atom stereocenters. The van der Waals surface area contributed by atoms with Crippen molar-refractivity contribution in [3.8, 4) is 5.75 Å². The predicted octanol–water partition coefficient (Wildman–Crippen LogP) is 1.59. The highest BCUT2D eigenvalue weighted by Gasteiger charge is 2.22. The van der Waals surface area contributed by atoms with E-state index >= 15 is 0 Å². The highest BCUT2D eigenvalue weighted by atomic mass is 32.3. The summed E-state index contributed by atoms with van der Waals surface area (Å²) in [5.74, 6) is -0.211. The van der Waals surface area contributed by atoms with Crippen molar-refractivity contribution in [2.45, 2.75) is 0 Å². The van der Waals surface area contributed by atoms with Gasteiger partial charge in [0.2, 0.25) is 0 Å². The van der Waals surface area contributed by atoms with E-state index in [0.29, 0.717) is 0 Å². The Bertz CT molecular complexity index is 512. The zero-order chi connectivity index (χ0) is 10.9. The van der Waals surface area contributed by atoms with E-state index < -0.39 is 15.8 Å². The third-order valence-corrected chi connectivity index (χ3v) is 4.19. The Hall–Kier alpha value is -1.08. The Labute approximate surface area is 90.2 Å². The minimum atomic E-state index is -3.39. The van der Waals surface area contributed by atoms with E-state index in [9.17, 15) is 12.8 Å². The van der Waals surface area contributed by atoms with Crippen molar-refractivity contribution < 1.29 is 17.5 Å². The standard InChI is InChI=1S/C8H6FNO3S2/c9-6-2-1-3-7(4-6)13-8-10-15(11,12)5-14-8/h1-4H,5H2. The van der Waals surface area contributed by atoms with Gasteiger partial charge in [-0.3, -0.25) is 0 Å². The first-order chi connectivity index (χ1) is 7.05. The van der Waals surface area contributed by atoms with Crippen molar-refractivity contribution in [2.24, 2.45) is 4.40 Å². The molecule has 0 radical (unpaired) electrons. The van der Waals surface area contributed by atoms with Crippen LogP contribution in [0.1, 0.15) is 0 Å². The van der Waals surface area contributed by atoms with Crippen LogP contribution in [0.25, 0.3) is 0 Å². The summed E-state index contributed by atoms with van der Waals surface area (Å²) >= 11 is 0.967. The van der Waals surface area contributed by atoms with E-state index in [1.165, 1.54) is 18.2 Å². The van der Waals surface area contributed by atoms with E-state index in [1.54, 1.807) is 0 Å². The third-order valence-electron chi connectivity index (χ3n) is 1.55. The molecule has 2 rings (SSSR count). The van der Waals surface area contributed by atoms with Gasteiger partial charge in [-0.15, -0.1) is 4.40 Å². The molecule has 1 aromatic rings. The summed E-state index contributed by atoms with van der Waals surface area (Å²) in [7, 11) is -3.39. The first kappa shape index (κ1) is 10.4. The highest BCUT2D eigenvalue weighted by Crippen LogP contribution is 2.22. The average Bonchev–Trinajstić information content (AvgIpc) is 2.45. The largest absolute Gasteiger partial charge is 0.433 e. The molecule has 0 unspecified atom stereocenters. The summed E-state index contributed by atoms with van der Waals surface area (Å²) in [4.78, 5) is 0. The Kier molecular flexibility index (Phi) is 2.66. The highest BCUT2D eigenvalue weighted by molar-refractivity contribution is 8.24. The molecule has 1 aromatic carbocycles. The predicted molar refractivity (Wildman–Crippen MR) is 55.8 cm³/mol. The van der Waals surface area contributed by atoms with Crippen LogP contribution in [0.4, 0.5) is 4.39 Å². The molecule has 15 heavy (non-hydrogen) atoms. The molecule has 0 fully saturated rings. The van der Waals surface area contributed by atoms with Crippen LogP contribution >= 0.6 is 11.8 Å². The normalized spacial score (nSPS) is 18.6. The van der Waals surface area contributed by atoms with E-state index in [4.69, 9.17) is 4.74 Å². The molecule has 7 heteroatoms. The van der Waals surface area contributed by atoms with Gasteiger partial charge in [-0.1, -0.05) is 6.07 Å². The Morgan fingerprint density at radius 3 is 2.87 bits per heavy atom. The maximum atomic E-state index is 12.7. The fourth-order valence-electron chi connectivity index (χ4n) is 0.971. The average molecular weight is 247 g/mol. The summed E-state index contributed by atoms with van der Waals surface area (Å²) in [5.41, 5.74) is 0. The number of nitrogens with zero attached hydrogens (tertiary/aromatic N) is 1. The zero-order valence-corrected chi connectivity index (χ0v) is 9.02. The van der Waals surface area contributed by atoms with Gasteiger partial charge >= 0.3 is 0 Å². The lowest BCUT2D eigenvalue weighted by molar-refractivity contribution is 0.552. The van der Waals surface area contributed by atoms with Gasteiger partial charge in [-0.05, 0) is 23.9 Å². The number of rotatable bonds is 1. The van der Waals surface area contributed by atoms with Gasteiger partial charge in [0.05, 0.1) is 0 Å². The van der Waals surface area contributed by atoms with Crippen LogP contribution < -0.4 is 4.74 Å². The van der Waals surface area contributed by atoms with E-state index in [0.717, 1.165) is 17.8 Å². The number of sulfonamides is 1. The summed E-state index contributed by atoms with van der Waals surface area (Å²) in [5, 5.41) is -0.0990. The van der Waals surface area contributed by atoms with E-state index in [-0.39, 0.29) is 16.1 Å². The first-order valence-electron chi connectivity index (χ1n) is 3.94. The second kappa shape index (κ2) is 3.82. The topological polar surface area (TPSA) is 55.7 Å². The fraction of sp³-hybridized carbons (Fsp3) is 0.125. The van der Waals surface area contributed by atoms with Gasteiger partial charge in [0, 0.05) is 6.07 Å². The van der Waals surface area contributed by atoms with Crippen molar-refractivity contribution in [3.05, 3.63) is 30.1 Å². The number of halogens is 1. The van der Waals surface area contributed by atoms with Crippen molar-refractivity contribution in [2.75, 3.05) is 5.08 Å². The number of hydrogen-bond donors (Lipinski definition) is 0. The van der Waals surface area contributed by atoms with Crippen LogP contribution in [0.15, 0.2) is 28.7 Å². The fourth-order valence-corrected chi connectivity index (χ4v) is 3.15. The molecule has 1 aliphatic rings. The van der Waals surface area contributed by atoms with Gasteiger partial charge in [0.25, 0.3) is 15.3 Å². The second-order valence-corrected chi connectivity index (χ2v) is 5.69. The van der Waals surface area contributed by atoms with Crippen LogP contribution in [-0.4, -0.2) is 18.7 Å². The van der Waals surface area contributed by atoms with Gasteiger partial charge in [0.1, 0.15) is 16.7 Å². The molecule has 0 amide bonds. The van der Waals surface area contributed by atoms with E-state index in [2.05, 4.69) is 4.40 Å². The monoisotopic (exact) mass is 247 g/mol. The lowest BCUT2D eigenvalue weighted by Crippen LogP contribution is -2.00. The quantitative estimate of drug-likeness (QED) is 0.756. The zero-order valence-electron chi connectivity index (χ0n) is 7.38. The molecule has 1 aliphatic heterocycles. The molecular weight excluding hydrogens is 241 g/mol. The van der Waals surface area contributed by atoms with Crippen LogP contribution in [0.2, 0.25) is 0 Å². The molecule has 0 aliphatic carbocycles. The van der Waals surface area contributed by atoms with Crippen molar-refractivity contribution in [1.29, 1.82) is 0 Å². The maximum absolute atomic E-state index is 12.7. The number of benzene rings is 1. The van der Waals surface area contributed by atoms with E-state index in [1.807, 2.05) is 0 Å². The summed E-state index contributed by atoms with van der Waals surface area (Å²) < 4.78 is 43.1. The minimum absolute atomic E-state index is 0.0283. The number of ether oxygens (including phenoxy) is 1. The van der Waals surface area contributed by atoms with Gasteiger partial charge in [0.15, 0.2) is 0 Å². The molecule has 0 saturated heterocycles. The lowest BCUT2D eigenvalue weighted by Gasteiger charge is -2.01. The Morgan fingerprint density at radius 1 is 1.47 bits per heavy atom. The summed E-state index contributed by atoms with van der Waals surface area (Å²) in [6.45, 7) is 0. The molecular formula is C8H6FNO3S2. The third kappa shape index (κ3) is 2.69. The van der Waals surface area contributed by atoms with Gasteiger partial charge in [-0.25, -0.2) is 12.8 Å². The molecule has 4 nitrogen and oxygen atoms in total. The maximum Gasteiger partial charge on any atom is 0.268 e. The molecule has 1 heterocycles. The van der Waals surface area contributed by atoms with Gasteiger partial charge in [-0.2, -0.15) is 0 Å². The lowest BCUT2D eigenvalue weighted by atomic mass is 10.3. The number of thioether (sulfide) groups is 1. The second-order valence-electron chi connectivity index (χ2n) is 2.76. The summed E-state index contributed by atoms with van der Waals surface area (Å²) in [6, 6.07) is 5.43. The van der Waals surface area contributed by atoms with Crippen LogP contribution in [0.5, 0.6) is 5.75 Å².